The quantitative estimate of drug-likeness (QED) is 0.669. The van der Waals surface area contributed by atoms with Crippen LogP contribution in [0.2, 0.25) is 0 Å². The molecule has 30 heavy (non-hydrogen) atoms. The second-order valence-corrected chi connectivity index (χ2v) is 6.30. The number of esters is 2. The van der Waals surface area contributed by atoms with Gasteiger partial charge in [0, 0.05) is 5.56 Å². The first-order valence-corrected chi connectivity index (χ1v) is 9.12. The number of carbonyl (C=O) groups excluding carboxylic acids is 2. The number of nitrogens with zero attached hydrogens (tertiary/aromatic N) is 1. The molecule has 0 N–H and O–H groups in total. The van der Waals surface area contributed by atoms with Crippen LogP contribution in [-0.4, -0.2) is 53.7 Å². The van der Waals surface area contributed by atoms with Crippen molar-refractivity contribution in [3.8, 4) is 22.6 Å². The van der Waals surface area contributed by atoms with E-state index in [-0.39, 0.29) is 24.6 Å². The van der Waals surface area contributed by atoms with E-state index in [2.05, 4.69) is 0 Å². The van der Waals surface area contributed by atoms with Gasteiger partial charge >= 0.3 is 11.9 Å². The number of hydrogen-bond donors (Lipinski definition) is 0. The van der Waals surface area contributed by atoms with Crippen molar-refractivity contribution in [2.45, 2.75) is 0 Å². The molecule has 2 aromatic rings. The molecule has 0 spiro atoms. The van der Waals surface area contributed by atoms with E-state index in [0.717, 1.165) is 11.1 Å². The van der Waals surface area contributed by atoms with Gasteiger partial charge in [0.25, 0.3) is 0 Å². The molecule has 0 aliphatic carbocycles. The molecule has 0 saturated carbocycles. The largest absolute Gasteiger partial charge is 0.493 e. The van der Waals surface area contributed by atoms with Crippen molar-refractivity contribution < 1.29 is 33.3 Å². The van der Waals surface area contributed by atoms with Crippen LogP contribution in [0.3, 0.4) is 0 Å². The number of anilines is 1. The van der Waals surface area contributed by atoms with Gasteiger partial charge in [-0.25, -0.2) is 9.59 Å². The summed E-state index contributed by atoms with van der Waals surface area (Å²) in [6.45, 7) is 0.0152. The van der Waals surface area contributed by atoms with Crippen molar-refractivity contribution in [3.63, 3.8) is 0 Å². The Morgan fingerprint density at radius 1 is 0.900 bits per heavy atom. The summed E-state index contributed by atoms with van der Waals surface area (Å²) in [6, 6.07) is 13.0. The Bertz CT molecular complexity index is 983. The van der Waals surface area contributed by atoms with E-state index in [1.54, 1.807) is 25.2 Å². The maximum atomic E-state index is 12.6. The molecule has 0 amide bonds. The molecule has 8 heteroatoms. The minimum absolute atomic E-state index is 0.0495. The van der Waals surface area contributed by atoms with Gasteiger partial charge in [-0.1, -0.05) is 24.3 Å². The molecule has 0 unspecified atom stereocenters. The van der Waals surface area contributed by atoms with Gasteiger partial charge in [-0.15, -0.1) is 0 Å². The third-order valence-corrected chi connectivity index (χ3v) is 4.72. The van der Waals surface area contributed by atoms with Crippen LogP contribution in [0.25, 0.3) is 11.1 Å². The van der Waals surface area contributed by atoms with E-state index in [4.69, 9.17) is 23.7 Å². The SMILES string of the molecule is COC(=O)C1=C(C(=O)OC)N(c2ccccc2-c2ccc(OC)c(OC)c2)COC1. The molecule has 0 saturated heterocycles. The van der Waals surface area contributed by atoms with Crippen LogP contribution in [-0.2, 0) is 23.8 Å². The lowest BCUT2D eigenvalue weighted by molar-refractivity contribution is -0.140. The van der Waals surface area contributed by atoms with Gasteiger partial charge in [-0.3, -0.25) is 0 Å². The lowest BCUT2D eigenvalue weighted by atomic mass is 10.0. The van der Waals surface area contributed by atoms with E-state index >= 15 is 0 Å². The third-order valence-electron chi connectivity index (χ3n) is 4.72. The highest BCUT2D eigenvalue weighted by Gasteiger charge is 2.33. The highest BCUT2D eigenvalue weighted by atomic mass is 16.5. The summed E-state index contributed by atoms with van der Waals surface area (Å²) in [5.74, 6) is -0.133. The number of rotatable bonds is 6. The van der Waals surface area contributed by atoms with Crippen molar-refractivity contribution in [2.75, 3.05) is 46.7 Å². The zero-order valence-corrected chi connectivity index (χ0v) is 17.3. The second kappa shape index (κ2) is 9.32. The molecule has 1 heterocycles. The van der Waals surface area contributed by atoms with Crippen molar-refractivity contribution in [1.82, 2.24) is 0 Å². The standard InChI is InChI=1S/C22H23NO7/c1-26-18-10-9-14(11-19(18)27-2)15-7-5-6-8-17(15)23-13-30-12-16(21(24)28-3)20(23)22(25)29-4/h5-11H,12-13H2,1-4H3. The number of benzene rings is 2. The molecule has 0 radical (unpaired) electrons. The van der Waals surface area contributed by atoms with Crippen LogP contribution >= 0.6 is 0 Å². The number of hydrogen-bond acceptors (Lipinski definition) is 8. The summed E-state index contributed by atoms with van der Waals surface area (Å²) < 4.78 is 26.1. The Morgan fingerprint density at radius 3 is 2.27 bits per heavy atom. The van der Waals surface area contributed by atoms with Crippen molar-refractivity contribution >= 4 is 17.6 Å². The van der Waals surface area contributed by atoms with Crippen molar-refractivity contribution in [3.05, 3.63) is 53.7 Å². The highest BCUT2D eigenvalue weighted by Crippen LogP contribution is 2.38. The maximum Gasteiger partial charge on any atom is 0.355 e. The molecule has 1 aliphatic rings. The van der Waals surface area contributed by atoms with Gasteiger partial charge in [0.15, 0.2) is 11.5 Å². The molecule has 158 valence electrons. The van der Waals surface area contributed by atoms with E-state index in [9.17, 15) is 9.59 Å². The van der Waals surface area contributed by atoms with Crippen LogP contribution in [0.1, 0.15) is 0 Å². The maximum absolute atomic E-state index is 12.6. The summed E-state index contributed by atoms with van der Waals surface area (Å²) >= 11 is 0. The summed E-state index contributed by atoms with van der Waals surface area (Å²) in [7, 11) is 5.64. The predicted molar refractivity (Wildman–Crippen MR) is 109 cm³/mol. The highest BCUT2D eigenvalue weighted by molar-refractivity contribution is 6.04. The minimum atomic E-state index is -0.652. The summed E-state index contributed by atoms with van der Waals surface area (Å²) in [6.07, 6.45) is 0. The first-order valence-electron chi connectivity index (χ1n) is 9.12. The fourth-order valence-electron chi connectivity index (χ4n) is 3.29. The van der Waals surface area contributed by atoms with E-state index in [1.165, 1.54) is 14.2 Å². The molecule has 0 atom stereocenters. The lowest BCUT2D eigenvalue weighted by Gasteiger charge is -2.32. The predicted octanol–water partition coefficient (Wildman–Crippen LogP) is 2.77. The summed E-state index contributed by atoms with van der Waals surface area (Å²) in [4.78, 5) is 26.5. The first-order chi connectivity index (χ1) is 14.5. The van der Waals surface area contributed by atoms with E-state index < -0.39 is 11.9 Å². The van der Waals surface area contributed by atoms with Crippen LogP contribution in [0, 0.1) is 0 Å². The van der Waals surface area contributed by atoms with Crippen LogP contribution in [0.4, 0.5) is 5.69 Å². The monoisotopic (exact) mass is 413 g/mol. The Kier molecular flexibility index (Phi) is 6.58. The van der Waals surface area contributed by atoms with Gasteiger partial charge in [-0.2, -0.15) is 0 Å². The molecule has 0 bridgehead atoms. The number of carbonyl (C=O) groups is 2. The Hall–Kier alpha value is -3.52. The zero-order valence-electron chi connectivity index (χ0n) is 17.3. The van der Waals surface area contributed by atoms with Crippen LogP contribution < -0.4 is 14.4 Å². The Morgan fingerprint density at radius 2 is 1.60 bits per heavy atom. The molecule has 1 aliphatic heterocycles. The third kappa shape index (κ3) is 3.95. The summed E-state index contributed by atoms with van der Waals surface area (Å²) in [5, 5.41) is 0. The van der Waals surface area contributed by atoms with Gasteiger partial charge in [0.05, 0.1) is 46.3 Å². The average Bonchev–Trinajstić information content (AvgIpc) is 2.81. The molecule has 8 nitrogen and oxygen atoms in total. The fourth-order valence-corrected chi connectivity index (χ4v) is 3.29. The van der Waals surface area contributed by atoms with Crippen molar-refractivity contribution in [1.29, 1.82) is 0 Å². The second-order valence-electron chi connectivity index (χ2n) is 6.30. The molecular formula is C22H23NO7. The van der Waals surface area contributed by atoms with E-state index in [0.29, 0.717) is 17.2 Å². The van der Waals surface area contributed by atoms with Crippen LogP contribution in [0.5, 0.6) is 11.5 Å². The van der Waals surface area contributed by atoms with Crippen LogP contribution in [0.15, 0.2) is 53.7 Å². The molecule has 2 aromatic carbocycles. The van der Waals surface area contributed by atoms with Crippen molar-refractivity contribution in [2.24, 2.45) is 0 Å². The van der Waals surface area contributed by atoms with Gasteiger partial charge in [-0.05, 0) is 23.8 Å². The fraction of sp³-hybridized carbons (Fsp3) is 0.273. The molecule has 0 fully saturated rings. The average molecular weight is 413 g/mol. The Balaban J connectivity index is 2.17. The topological polar surface area (TPSA) is 83.5 Å². The normalized spacial score (nSPS) is 13.7. The summed E-state index contributed by atoms with van der Waals surface area (Å²) in [5.41, 5.74) is 2.47. The number of methoxy groups -OCH3 is 4. The lowest BCUT2D eigenvalue weighted by Crippen LogP contribution is -2.39. The number of ether oxygens (including phenoxy) is 5. The van der Waals surface area contributed by atoms with Gasteiger partial charge in [0.1, 0.15) is 12.4 Å². The number of para-hydroxylation sites is 1. The Labute approximate surface area is 174 Å². The molecule has 0 aromatic heterocycles. The smallest absolute Gasteiger partial charge is 0.355 e. The minimum Gasteiger partial charge on any atom is -0.493 e. The van der Waals surface area contributed by atoms with Gasteiger partial charge in [0.2, 0.25) is 0 Å². The molecular weight excluding hydrogens is 390 g/mol. The first kappa shape index (κ1) is 21.2. The molecule has 3 rings (SSSR count). The van der Waals surface area contributed by atoms with Gasteiger partial charge < -0.3 is 28.6 Å². The zero-order chi connectivity index (χ0) is 21.7. The van der Waals surface area contributed by atoms with E-state index in [1.807, 2.05) is 36.4 Å².